The first-order chi connectivity index (χ1) is 6.18. The zero-order chi connectivity index (χ0) is 9.42. The van der Waals surface area contributed by atoms with Crippen LogP contribution in [0.2, 0.25) is 0 Å². The van der Waals surface area contributed by atoms with Crippen LogP contribution in [0.15, 0.2) is 24.5 Å². The van der Waals surface area contributed by atoms with Crippen LogP contribution in [0, 0.1) is 0 Å². The highest BCUT2D eigenvalue weighted by Crippen LogP contribution is 2.13. The molecule has 0 fully saturated rings. The summed E-state index contributed by atoms with van der Waals surface area (Å²) >= 11 is 0. The molecule has 0 aliphatic rings. The molecule has 2 rings (SSSR count). The molecule has 0 atom stereocenters. The first kappa shape index (κ1) is 7.60. The number of aromatic nitrogens is 2. The van der Waals surface area contributed by atoms with E-state index in [1.807, 2.05) is 0 Å². The number of rotatable bonds is 1. The Labute approximate surface area is 73.4 Å². The summed E-state index contributed by atoms with van der Waals surface area (Å²) in [6, 6.07) is 3.13. The van der Waals surface area contributed by atoms with Gasteiger partial charge in [0.25, 0.3) is 5.91 Å². The second kappa shape index (κ2) is 2.48. The lowest BCUT2D eigenvalue weighted by atomic mass is 10.3. The molecule has 0 aliphatic heterocycles. The van der Waals surface area contributed by atoms with Gasteiger partial charge in [0, 0.05) is 17.8 Å². The van der Waals surface area contributed by atoms with Crippen LogP contribution in [-0.4, -0.2) is 20.8 Å². The highest BCUT2D eigenvalue weighted by atomic mass is 16.5. The quantitative estimate of drug-likeness (QED) is 0.617. The Morgan fingerprint density at radius 1 is 1.62 bits per heavy atom. The van der Waals surface area contributed by atoms with Gasteiger partial charge in [-0.3, -0.25) is 9.78 Å². The molecule has 1 amide bonds. The first-order valence-electron chi connectivity index (χ1n) is 3.64. The zero-order valence-corrected chi connectivity index (χ0v) is 6.64. The van der Waals surface area contributed by atoms with E-state index in [4.69, 9.17) is 5.73 Å². The van der Waals surface area contributed by atoms with Crippen molar-refractivity contribution < 1.29 is 10.0 Å². The largest absolute Gasteiger partial charge is 0.428 e. The maximum Gasteiger partial charge on any atom is 0.267 e. The van der Waals surface area contributed by atoms with E-state index in [1.165, 1.54) is 18.5 Å². The smallest absolute Gasteiger partial charge is 0.267 e. The number of hydrogen-bond acceptors (Lipinski definition) is 3. The molecule has 0 aromatic carbocycles. The lowest BCUT2D eigenvalue weighted by Gasteiger charge is -1.96. The maximum absolute atomic E-state index is 10.7. The Bertz CT molecular complexity index is 475. The van der Waals surface area contributed by atoms with Crippen molar-refractivity contribution in [2.45, 2.75) is 0 Å². The molecule has 2 heterocycles. The van der Waals surface area contributed by atoms with E-state index in [9.17, 15) is 10.0 Å². The van der Waals surface area contributed by atoms with Gasteiger partial charge in [-0.1, -0.05) is 0 Å². The third kappa shape index (κ3) is 1.10. The molecule has 0 bridgehead atoms. The lowest BCUT2D eigenvalue weighted by molar-refractivity contribution is 0.0995. The van der Waals surface area contributed by atoms with E-state index in [2.05, 4.69) is 4.98 Å². The van der Waals surface area contributed by atoms with Crippen LogP contribution in [0.25, 0.3) is 10.9 Å². The van der Waals surface area contributed by atoms with Gasteiger partial charge in [-0.25, -0.2) is 0 Å². The predicted molar refractivity (Wildman–Crippen MR) is 45.4 cm³/mol. The molecule has 0 aliphatic carbocycles. The van der Waals surface area contributed by atoms with E-state index in [1.54, 1.807) is 6.07 Å². The van der Waals surface area contributed by atoms with Crippen LogP contribution >= 0.6 is 0 Å². The van der Waals surface area contributed by atoms with Gasteiger partial charge < -0.3 is 10.9 Å². The van der Waals surface area contributed by atoms with Crippen molar-refractivity contribution in [1.82, 2.24) is 9.71 Å². The van der Waals surface area contributed by atoms with Crippen molar-refractivity contribution in [1.29, 1.82) is 0 Å². The van der Waals surface area contributed by atoms with Crippen molar-refractivity contribution in [3.8, 4) is 0 Å². The topological polar surface area (TPSA) is 81.1 Å². The van der Waals surface area contributed by atoms with Crippen LogP contribution in [-0.2, 0) is 0 Å². The zero-order valence-electron chi connectivity index (χ0n) is 6.64. The van der Waals surface area contributed by atoms with Gasteiger partial charge in [-0.05, 0) is 12.1 Å². The molecule has 5 heteroatoms. The molecule has 66 valence electrons. The normalized spacial score (nSPS) is 10.5. The fourth-order valence-electron chi connectivity index (χ4n) is 1.15. The summed E-state index contributed by atoms with van der Waals surface area (Å²) < 4.78 is 0.920. The van der Waals surface area contributed by atoms with E-state index in [0.29, 0.717) is 5.52 Å². The van der Waals surface area contributed by atoms with Gasteiger partial charge in [0.05, 0.1) is 5.52 Å². The molecule has 0 saturated heterocycles. The van der Waals surface area contributed by atoms with Crippen molar-refractivity contribution in [3.05, 3.63) is 30.2 Å². The van der Waals surface area contributed by atoms with Crippen molar-refractivity contribution >= 4 is 16.8 Å². The summed E-state index contributed by atoms with van der Waals surface area (Å²) in [5, 5.41) is 10.0. The number of nitrogens with zero attached hydrogens (tertiary/aromatic N) is 2. The summed E-state index contributed by atoms with van der Waals surface area (Å²) in [7, 11) is 0. The minimum absolute atomic E-state index is 0.140. The van der Waals surface area contributed by atoms with Crippen LogP contribution in [0.5, 0.6) is 0 Å². The van der Waals surface area contributed by atoms with Crippen LogP contribution < -0.4 is 5.73 Å². The van der Waals surface area contributed by atoms with Gasteiger partial charge in [0.1, 0.15) is 5.69 Å². The van der Waals surface area contributed by atoms with Gasteiger partial charge in [0.2, 0.25) is 0 Å². The van der Waals surface area contributed by atoms with Gasteiger partial charge in [-0.15, -0.1) is 0 Å². The highest BCUT2D eigenvalue weighted by Gasteiger charge is 2.05. The monoisotopic (exact) mass is 177 g/mol. The molecule has 0 spiro atoms. The molecule has 3 N–H and O–H groups in total. The molecule has 0 radical (unpaired) electrons. The van der Waals surface area contributed by atoms with E-state index >= 15 is 0 Å². The van der Waals surface area contributed by atoms with Crippen LogP contribution in [0.4, 0.5) is 0 Å². The van der Waals surface area contributed by atoms with E-state index in [-0.39, 0.29) is 5.69 Å². The molecular formula is C8H7N3O2. The average Bonchev–Trinajstić information content (AvgIpc) is 2.47. The van der Waals surface area contributed by atoms with Crippen molar-refractivity contribution in [3.63, 3.8) is 0 Å². The third-order valence-electron chi connectivity index (χ3n) is 1.81. The SMILES string of the molecule is NC(=O)c1cc2c(ccn2O)cn1. The Balaban J connectivity index is 2.72. The summed E-state index contributed by atoms with van der Waals surface area (Å²) in [6.45, 7) is 0. The molecule has 2 aromatic heterocycles. The lowest BCUT2D eigenvalue weighted by Crippen LogP contribution is -2.12. The van der Waals surface area contributed by atoms with Crippen LogP contribution in [0.1, 0.15) is 10.5 Å². The Kier molecular flexibility index (Phi) is 1.45. The van der Waals surface area contributed by atoms with Crippen molar-refractivity contribution in [2.75, 3.05) is 0 Å². The summed E-state index contributed by atoms with van der Waals surface area (Å²) in [5.74, 6) is -0.608. The van der Waals surface area contributed by atoms with Gasteiger partial charge in [-0.2, -0.15) is 4.73 Å². The number of carbonyl (C=O) groups is 1. The molecule has 2 aromatic rings. The standard InChI is InChI=1S/C8H7N3O2/c9-8(12)6-3-7-5(4-10-6)1-2-11(7)13/h1-4,13H,(H2,9,12). The highest BCUT2D eigenvalue weighted by molar-refractivity contribution is 5.94. The number of nitrogens with two attached hydrogens (primary N) is 1. The number of carbonyl (C=O) groups excluding carboxylic acids is 1. The molecule has 0 unspecified atom stereocenters. The number of primary amides is 1. The van der Waals surface area contributed by atoms with Crippen molar-refractivity contribution in [2.24, 2.45) is 5.73 Å². The minimum Gasteiger partial charge on any atom is -0.428 e. The Hall–Kier alpha value is -2.04. The summed E-state index contributed by atoms with van der Waals surface area (Å²) in [4.78, 5) is 14.6. The van der Waals surface area contributed by atoms with Gasteiger partial charge >= 0.3 is 0 Å². The minimum atomic E-state index is -0.608. The summed E-state index contributed by atoms with van der Waals surface area (Å²) in [6.07, 6.45) is 2.96. The first-order valence-corrected chi connectivity index (χ1v) is 3.64. The number of amides is 1. The third-order valence-corrected chi connectivity index (χ3v) is 1.81. The predicted octanol–water partition coefficient (Wildman–Crippen LogP) is 0.372. The molecule has 5 nitrogen and oxygen atoms in total. The fraction of sp³-hybridized carbons (Fsp3) is 0. The van der Waals surface area contributed by atoms with E-state index < -0.39 is 5.91 Å². The van der Waals surface area contributed by atoms with Crippen LogP contribution in [0.3, 0.4) is 0 Å². The second-order valence-corrected chi connectivity index (χ2v) is 2.65. The molecular weight excluding hydrogens is 170 g/mol. The Morgan fingerprint density at radius 3 is 3.08 bits per heavy atom. The molecule has 13 heavy (non-hydrogen) atoms. The van der Waals surface area contributed by atoms with Gasteiger partial charge in [0.15, 0.2) is 0 Å². The summed E-state index contributed by atoms with van der Waals surface area (Å²) in [5.41, 5.74) is 5.69. The number of fused-ring (bicyclic) bond motifs is 1. The fourth-order valence-corrected chi connectivity index (χ4v) is 1.15. The second-order valence-electron chi connectivity index (χ2n) is 2.65. The maximum atomic E-state index is 10.7. The molecule has 0 saturated carbocycles. The number of pyridine rings is 1. The average molecular weight is 177 g/mol. The van der Waals surface area contributed by atoms with E-state index in [0.717, 1.165) is 10.1 Å². The Morgan fingerprint density at radius 2 is 2.38 bits per heavy atom. The number of hydrogen-bond donors (Lipinski definition) is 2.